The lowest BCUT2D eigenvalue weighted by atomic mass is 9.99. The van der Waals surface area contributed by atoms with Crippen molar-refractivity contribution < 1.29 is 0 Å². The van der Waals surface area contributed by atoms with Gasteiger partial charge in [0.25, 0.3) is 5.13 Å². The summed E-state index contributed by atoms with van der Waals surface area (Å²) in [5.41, 5.74) is 3.77. The minimum absolute atomic E-state index is 0.162. The quantitative estimate of drug-likeness (QED) is 0.263. The van der Waals surface area contributed by atoms with Gasteiger partial charge >= 0.3 is 0 Å². The van der Waals surface area contributed by atoms with E-state index in [-0.39, 0.29) is 5.54 Å². The summed E-state index contributed by atoms with van der Waals surface area (Å²) >= 11 is 3.04. The number of anilines is 1. The van der Waals surface area contributed by atoms with E-state index in [1.165, 1.54) is 54.7 Å². The third kappa shape index (κ3) is 5.08. The van der Waals surface area contributed by atoms with E-state index in [0.29, 0.717) is 5.13 Å². The number of unbranched alkanes of at least 4 members (excludes halogenated alkanes) is 4. The zero-order valence-corrected chi connectivity index (χ0v) is 18.4. The number of hydrogen-bond donors (Lipinski definition) is 0. The summed E-state index contributed by atoms with van der Waals surface area (Å²) in [6, 6.07) is 6.44. The van der Waals surface area contributed by atoms with Crippen LogP contribution in [0.5, 0.6) is 0 Å². The van der Waals surface area contributed by atoms with Crippen LogP contribution in [0.1, 0.15) is 58.4 Å². The van der Waals surface area contributed by atoms with E-state index in [1.807, 2.05) is 6.26 Å². The summed E-state index contributed by atoms with van der Waals surface area (Å²) in [4.78, 5) is 2.57. The summed E-state index contributed by atoms with van der Waals surface area (Å²) in [5.74, 6) is 0. The average Bonchev–Trinajstić information content (AvgIpc) is 3.20. The molecule has 0 bridgehead atoms. The Kier molecular flexibility index (Phi) is 6.87. The standard InChI is InChI=1S/C20H29N5S2/c1-5-6-7-8-9-12-25-17-11-10-16(13-15(17)14-20(25,2)3)21-22-18-23-24-19(26-4)27-18/h10-11,13H,5-9,12,14H2,1-4H3. The predicted molar refractivity (Wildman–Crippen MR) is 116 cm³/mol. The third-order valence-electron chi connectivity index (χ3n) is 5.01. The fourth-order valence-electron chi connectivity index (χ4n) is 3.65. The molecule has 0 spiro atoms. The number of thioether (sulfide) groups is 1. The Morgan fingerprint density at radius 2 is 1.96 bits per heavy atom. The monoisotopic (exact) mass is 403 g/mol. The third-order valence-corrected chi connectivity index (χ3v) is 6.80. The van der Waals surface area contributed by atoms with E-state index in [4.69, 9.17) is 0 Å². The second kappa shape index (κ2) is 9.15. The fraction of sp³-hybridized carbons (Fsp3) is 0.600. The number of fused-ring (bicyclic) bond motifs is 1. The first-order valence-electron chi connectivity index (χ1n) is 9.73. The van der Waals surface area contributed by atoms with Gasteiger partial charge in [-0.25, -0.2) is 0 Å². The van der Waals surface area contributed by atoms with Crippen molar-refractivity contribution in [2.24, 2.45) is 10.2 Å². The molecule has 0 aliphatic carbocycles. The van der Waals surface area contributed by atoms with Crippen molar-refractivity contribution in [2.45, 2.75) is 69.2 Å². The van der Waals surface area contributed by atoms with Crippen LogP contribution in [-0.2, 0) is 6.42 Å². The summed E-state index contributed by atoms with van der Waals surface area (Å²) in [7, 11) is 0. The first-order chi connectivity index (χ1) is 13.0. The van der Waals surface area contributed by atoms with E-state index in [2.05, 4.69) is 64.3 Å². The summed E-state index contributed by atoms with van der Waals surface area (Å²) in [5, 5.41) is 17.3. The van der Waals surface area contributed by atoms with Crippen LogP contribution in [0, 0.1) is 0 Å². The molecule has 146 valence electrons. The first-order valence-corrected chi connectivity index (χ1v) is 11.8. The van der Waals surface area contributed by atoms with E-state index in [9.17, 15) is 0 Å². The van der Waals surface area contributed by atoms with Crippen molar-refractivity contribution >= 4 is 39.6 Å². The topological polar surface area (TPSA) is 53.7 Å². The van der Waals surface area contributed by atoms with Gasteiger partial charge in [0.1, 0.15) is 0 Å². The van der Waals surface area contributed by atoms with Crippen molar-refractivity contribution in [1.29, 1.82) is 0 Å². The number of azo groups is 1. The Bertz CT molecular complexity index is 784. The molecule has 1 aromatic carbocycles. The molecule has 0 fully saturated rings. The highest BCUT2D eigenvalue weighted by molar-refractivity contribution is 8.00. The van der Waals surface area contributed by atoms with Crippen LogP contribution in [-0.4, -0.2) is 28.5 Å². The second-order valence-electron chi connectivity index (χ2n) is 7.62. The van der Waals surface area contributed by atoms with Crippen molar-refractivity contribution in [2.75, 3.05) is 17.7 Å². The van der Waals surface area contributed by atoms with Crippen LogP contribution >= 0.6 is 23.1 Å². The predicted octanol–water partition coefficient (Wildman–Crippen LogP) is 6.79. The van der Waals surface area contributed by atoms with Gasteiger partial charge in [-0.05, 0) is 56.7 Å². The van der Waals surface area contributed by atoms with E-state index >= 15 is 0 Å². The maximum absolute atomic E-state index is 4.38. The first kappa shape index (κ1) is 20.3. The van der Waals surface area contributed by atoms with E-state index in [0.717, 1.165) is 23.0 Å². The molecule has 0 atom stereocenters. The Morgan fingerprint density at radius 3 is 2.70 bits per heavy atom. The Labute approximate surface area is 170 Å². The molecule has 1 aromatic heterocycles. The lowest BCUT2D eigenvalue weighted by Crippen LogP contribution is -2.41. The summed E-state index contributed by atoms with van der Waals surface area (Å²) in [6.07, 6.45) is 9.61. The molecule has 7 heteroatoms. The Hall–Kier alpha value is -1.47. The molecule has 5 nitrogen and oxygen atoms in total. The maximum Gasteiger partial charge on any atom is 0.252 e. The van der Waals surface area contributed by atoms with Crippen molar-refractivity contribution in [3.63, 3.8) is 0 Å². The van der Waals surface area contributed by atoms with Crippen LogP contribution in [0.4, 0.5) is 16.5 Å². The summed E-state index contributed by atoms with van der Waals surface area (Å²) in [6.45, 7) is 8.07. The molecular formula is C20H29N5S2. The Morgan fingerprint density at radius 1 is 1.15 bits per heavy atom. The molecule has 3 rings (SSSR count). The van der Waals surface area contributed by atoms with Crippen LogP contribution in [0.3, 0.4) is 0 Å². The van der Waals surface area contributed by atoms with Gasteiger partial charge in [-0.15, -0.1) is 20.4 Å². The highest BCUT2D eigenvalue weighted by Crippen LogP contribution is 2.40. The normalized spacial score (nSPS) is 15.6. The largest absolute Gasteiger partial charge is 0.366 e. The number of rotatable bonds is 9. The number of hydrogen-bond acceptors (Lipinski definition) is 7. The lowest BCUT2D eigenvalue weighted by molar-refractivity contribution is 0.473. The van der Waals surface area contributed by atoms with Crippen molar-refractivity contribution in [3.05, 3.63) is 23.8 Å². The molecule has 0 radical (unpaired) electrons. The number of nitrogens with zero attached hydrogens (tertiary/aromatic N) is 5. The SMILES string of the molecule is CCCCCCCN1c2ccc(N=Nc3nnc(SC)s3)cc2CC1(C)C. The maximum atomic E-state index is 4.38. The second-order valence-corrected chi connectivity index (χ2v) is 9.63. The van der Waals surface area contributed by atoms with Gasteiger partial charge < -0.3 is 4.90 Å². The smallest absolute Gasteiger partial charge is 0.252 e. The highest BCUT2D eigenvalue weighted by Gasteiger charge is 2.35. The van der Waals surface area contributed by atoms with Gasteiger partial charge in [0.2, 0.25) is 0 Å². The fourth-order valence-corrected chi connectivity index (χ4v) is 4.73. The van der Waals surface area contributed by atoms with Crippen LogP contribution in [0.2, 0.25) is 0 Å². The molecule has 2 aromatic rings. The highest BCUT2D eigenvalue weighted by atomic mass is 32.2. The molecule has 27 heavy (non-hydrogen) atoms. The number of benzene rings is 1. The van der Waals surface area contributed by atoms with Crippen molar-refractivity contribution in [1.82, 2.24) is 10.2 Å². The minimum atomic E-state index is 0.162. The van der Waals surface area contributed by atoms with Crippen LogP contribution in [0.15, 0.2) is 32.8 Å². The molecule has 1 aliphatic rings. The molecule has 0 saturated carbocycles. The molecule has 1 aliphatic heterocycles. The van der Waals surface area contributed by atoms with Gasteiger partial charge in [-0.1, -0.05) is 55.7 Å². The zero-order chi connectivity index (χ0) is 19.3. The molecule has 0 unspecified atom stereocenters. The van der Waals surface area contributed by atoms with E-state index in [1.54, 1.807) is 11.8 Å². The van der Waals surface area contributed by atoms with Crippen LogP contribution in [0.25, 0.3) is 0 Å². The average molecular weight is 404 g/mol. The molecule has 0 N–H and O–H groups in total. The molecule has 2 heterocycles. The van der Waals surface area contributed by atoms with Gasteiger partial charge in [-0.2, -0.15) is 0 Å². The van der Waals surface area contributed by atoms with Gasteiger partial charge in [0, 0.05) is 17.8 Å². The van der Waals surface area contributed by atoms with Crippen molar-refractivity contribution in [3.8, 4) is 0 Å². The van der Waals surface area contributed by atoms with E-state index < -0.39 is 0 Å². The minimum Gasteiger partial charge on any atom is -0.366 e. The molecule has 0 saturated heterocycles. The van der Waals surface area contributed by atoms with Gasteiger partial charge in [-0.3, -0.25) is 0 Å². The number of aromatic nitrogens is 2. The molecular weight excluding hydrogens is 374 g/mol. The lowest BCUT2D eigenvalue weighted by Gasteiger charge is -2.34. The molecule has 0 amide bonds. The van der Waals surface area contributed by atoms with Gasteiger partial charge in [0.15, 0.2) is 4.34 Å². The van der Waals surface area contributed by atoms with Crippen LogP contribution < -0.4 is 4.90 Å². The summed E-state index contributed by atoms with van der Waals surface area (Å²) < 4.78 is 0.911. The van der Waals surface area contributed by atoms with Gasteiger partial charge in [0.05, 0.1) is 5.69 Å². The Balaban J connectivity index is 1.67. The zero-order valence-electron chi connectivity index (χ0n) is 16.7.